The van der Waals surface area contributed by atoms with E-state index in [4.69, 9.17) is 4.74 Å². The van der Waals surface area contributed by atoms with E-state index in [1.807, 2.05) is 38.1 Å². The van der Waals surface area contributed by atoms with Crippen LogP contribution in [0.2, 0.25) is 0 Å². The number of aryl methyl sites for hydroxylation is 1. The van der Waals surface area contributed by atoms with Crippen molar-refractivity contribution >= 4 is 22.4 Å². The summed E-state index contributed by atoms with van der Waals surface area (Å²) in [6, 6.07) is 5.67. The molecule has 0 saturated carbocycles. The largest absolute Gasteiger partial charge is 0.496 e. The van der Waals surface area contributed by atoms with E-state index in [0.717, 1.165) is 22.3 Å². The van der Waals surface area contributed by atoms with Gasteiger partial charge in [-0.15, -0.1) is 0 Å². The number of hydrogen-bond acceptors (Lipinski definition) is 4. The Morgan fingerprint density at radius 2 is 2.00 bits per heavy atom. The maximum atomic E-state index is 12.0. The lowest BCUT2D eigenvalue weighted by Crippen LogP contribution is -2.12. The number of anilines is 1. The molecule has 100 valence electrons. The number of ether oxygens (including phenoxy) is 1. The number of carbonyl (C=O) groups is 1. The van der Waals surface area contributed by atoms with Gasteiger partial charge in [-0.3, -0.25) is 9.78 Å². The van der Waals surface area contributed by atoms with Crippen LogP contribution in [0.4, 0.5) is 5.69 Å². The highest BCUT2D eigenvalue weighted by Gasteiger charge is 2.17. The minimum absolute atomic E-state index is 0.0174. The first-order valence-corrected chi connectivity index (χ1v) is 6.12. The average molecular weight is 258 g/mol. The molecule has 0 radical (unpaired) electrons. The summed E-state index contributed by atoms with van der Waals surface area (Å²) in [6.07, 6.45) is 0. The fourth-order valence-electron chi connectivity index (χ4n) is 2.29. The van der Waals surface area contributed by atoms with Gasteiger partial charge >= 0.3 is 0 Å². The highest BCUT2D eigenvalue weighted by molar-refractivity contribution is 6.13. The standard InChI is InChI=1S/C15H18N2O2/c1-9-8-12(17(3)4)15-11(16-9)6-7-13(19-5)14(15)10(2)18/h6-8H,1-5H3. The van der Waals surface area contributed by atoms with Crippen LogP contribution >= 0.6 is 0 Å². The predicted octanol–water partition coefficient (Wildman–Crippen LogP) is 2.82. The number of methoxy groups -OCH3 is 1. The first-order valence-electron chi connectivity index (χ1n) is 6.12. The third-order valence-corrected chi connectivity index (χ3v) is 3.10. The number of rotatable bonds is 3. The van der Waals surface area contributed by atoms with Crippen molar-refractivity contribution in [2.45, 2.75) is 13.8 Å². The Kier molecular flexibility index (Phi) is 3.42. The van der Waals surface area contributed by atoms with Crippen molar-refractivity contribution in [1.29, 1.82) is 0 Å². The van der Waals surface area contributed by atoms with Crippen LogP contribution in [0, 0.1) is 6.92 Å². The summed E-state index contributed by atoms with van der Waals surface area (Å²) >= 11 is 0. The number of benzene rings is 1. The molecule has 2 rings (SSSR count). The van der Waals surface area contributed by atoms with Crippen molar-refractivity contribution in [3.8, 4) is 5.75 Å². The minimum atomic E-state index is -0.0174. The van der Waals surface area contributed by atoms with Crippen molar-refractivity contribution in [2.24, 2.45) is 0 Å². The number of pyridine rings is 1. The van der Waals surface area contributed by atoms with Gasteiger partial charge in [-0.1, -0.05) is 0 Å². The molecule has 0 amide bonds. The molecule has 0 aliphatic rings. The maximum Gasteiger partial charge on any atom is 0.164 e. The molecule has 0 fully saturated rings. The first-order chi connectivity index (χ1) is 8.95. The van der Waals surface area contributed by atoms with Crippen molar-refractivity contribution in [3.05, 3.63) is 29.5 Å². The number of hydrogen-bond donors (Lipinski definition) is 0. The number of Topliss-reactive ketones (excluding diaryl/α,β-unsaturated/α-hetero) is 1. The lowest BCUT2D eigenvalue weighted by molar-refractivity contribution is 0.101. The van der Waals surface area contributed by atoms with E-state index in [1.165, 1.54) is 0 Å². The molecule has 0 saturated heterocycles. The molecule has 0 N–H and O–H groups in total. The SMILES string of the molecule is COc1ccc2nc(C)cc(N(C)C)c2c1C(C)=O. The quantitative estimate of drug-likeness (QED) is 0.794. The van der Waals surface area contributed by atoms with Crippen molar-refractivity contribution in [3.63, 3.8) is 0 Å². The number of ketones is 1. The van der Waals surface area contributed by atoms with Crippen LogP contribution in [-0.4, -0.2) is 32.0 Å². The van der Waals surface area contributed by atoms with E-state index in [-0.39, 0.29) is 5.78 Å². The molecule has 1 aromatic carbocycles. The van der Waals surface area contributed by atoms with E-state index in [2.05, 4.69) is 4.98 Å². The summed E-state index contributed by atoms with van der Waals surface area (Å²) in [6.45, 7) is 3.50. The van der Waals surface area contributed by atoms with Crippen LogP contribution in [0.25, 0.3) is 10.9 Å². The Balaban J connectivity index is 2.97. The van der Waals surface area contributed by atoms with Gasteiger partial charge in [0.2, 0.25) is 0 Å². The van der Waals surface area contributed by atoms with Crippen LogP contribution in [0.1, 0.15) is 23.0 Å². The number of aromatic nitrogens is 1. The van der Waals surface area contributed by atoms with Crippen molar-refractivity contribution in [1.82, 2.24) is 4.98 Å². The molecular formula is C15H18N2O2. The zero-order chi connectivity index (χ0) is 14.2. The normalized spacial score (nSPS) is 10.6. The van der Waals surface area contributed by atoms with Crippen molar-refractivity contribution in [2.75, 3.05) is 26.1 Å². The summed E-state index contributed by atoms with van der Waals surface area (Å²) in [5, 5.41) is 0.849. The number of nitrogens with zero attached hydrogens (tertiary/aromatic N) is 2. The van der Waals surface area contributed by atoms with Crippen LogP contribution in [0.15, 0.2) is 18.2 Å². The predicted molar refractivity (Wildman–Crippen MR) is 77.4 cm³/mol. The van der Waals surface area contributed by atoms with Gasteiger partial charge in [0, 0.05) is 30.9 Å². The fraction of sp³-hybridized carbons (Fsp3) is 0.333. The zero-order valence-electron chi connectivity index (χ0n) is 11.9. The van der Waals surface area contributed by atoms with Gasteiger partial charge in [0.05, 0.1) is 18.2 Å². The van der Waals surface area contributed by atoms with E-state index >= 15 is 0 Å². The van der Waals surface area contributed by atoms with E-state index < -0.39 is 0 Å². The second-order valence-corrected chi connectivity index (χ2v) is 4.77. The number of fused-ring (bicyclic) bond motifs is 1. The molecule has 4 heteroatoms. The lowest BCUT2D eigenvalue weighted by Gasteiger charge is -2.19. The highest BCUT2D eigenvalue weighted by Crippen LogP contribution is 2.34. The van der Waals surface area contributed by atoms with E-state index in [1.54, 1.807) is 20.1 Å². The summed E-state index contributed by atoms with van der Waals surface area (Å²) in [4.78, 5) is 18.5. The maximum absolute atomic E-state index is 12.0. The molecule has 1 aromatic heterocycles. The summed E-state index contributed by atoms with van der Waals surface area (Å²) in [7, 11) is 5.49. The summed E-state index contributed by atoms with van der Waals surface area (Å²) in [5.74, 6) is 0.574. The molecule has 4 nitrogen and oxygen atoms in total. The number of carbonyl (C=O) groups excluding carboxylic acids is 1. The van der Waals surface area contributed by atoms with Gasteiger partial charge in [-0.05, 0) is 32.0 Å². The molecule has 0 spiro atoms. The van der Waals surface area contributed by atoms with Gasteiger partial charge in [-0.2, -0.15) is 0 Å². The van der Waals surface area contributed by atoms with Gasteiger partial charge in [0.15, 0.2) is 5.78 Å². The van der Waals surface area contributed by atoms with Gasteiger partial charge < -0.3 is 9.64 Å². The molecule has 19 heavy (non-hydrogen) atoms. The van der Waals surface area contributed by atoms with Crippen molar-refractivity contribution < 1.29 is 9.53 Å². The Morgan fingerprint density at radius 1 is 1.32 bits per heavy atom. The van der Waals surface area contributed by atoms with E-state index in [9.17, 15) is 4.79 Å². The molecule has 0 aliphatic heterocycles. The molecule has 2 aromatic rings. The van der Waals surface area contributed by atoms with Crippen LogP contribution in [0.5, 0.6) is 5.75 Å². The molecule has 0 aliphatic carbocycles. The Hall–Kier alpha value is -2.10. The third kappa shape index (κ3) is 2.26. The molecular weight excluding hydrogens is 240 g/mol. The lowest BCUT2D eigenvalue weighted by atomic mass is 10.0. The Morgan fingerprint density at radius 3 is 2.53 bits per heavy atom. The molecule has 0 unspecified atom stereocenters. The first kappa shape index (κ1) is 13.3. The summed E-state index contributed by atoms with van der Waals surface area (Å²) in [5.41, 5.74) is 3.31. The highest BCUT2D eigenvalue weighted by atomic mass is 16.5. The second kappa shape index (κ2) is 4.88. The smallest absolute Gasteiger partial charge is 0.164 e. The van der Waals surface area contributed by atoms with Crippen LogP contribution < -0.4 is 9.64 Å². The Bertz CT molecular complexity index is 648. The Labute approximate surface area is 113 Å². The van der Waals surface area contributed by atoms with Gasteiger partial charge in [0.25, 0.3) is 0 Å². The average Bonchev–Trinajstić information content (AvgIpc) is 2.35. The van der Waals surface area contributed by atoms with Gasteiger partial charge in [0.1, 0.15) is 5.75 Å². The van der Waals surface area contributed by atoms with Gasteiger partial charge in [-0.25, -0.2) is 0 Å². The van der Waals surface area contributed by atoms with Crippen LogP contribution in [0.3, 0.4) is 0 Å². The molecule has 0 bridgehead atoms. The topological polar surface area (TPSA) is 42.4 Å². The van der Waals surface area contributed by atoms with Crippen LogP contribution in [-0.2, 0) is 0 Å². The molecule has 1 heterocycles. The third-order valence-electron chi connectivity index (χ3n) is 3.10. The minimum Gasteiger partial charge on any atom is -0.496 e. The second-order valence-electron chi connectivity index (χ2n) is 4.77. The summed E-state index contributed by atoms with van der Waals surface area (Å²) < 4.78 is 5.31. The fourth-order valence-corrected chi connectivity index (χ4v) is 2.29. The monoisotopic (exact) mass is 258 g/mol. The van der Waals surface area contributed by atoms with E-state index in [0.29, 0.717) is 11.3 Å². The molecule has 0 atom stereocenters. The zero-order valence-corrected chi connectivity index (χ0v) is 11.9.